The molecule has 5 heteroatoms. The molecule has 19 heavy (non-hydrogen) atoms. The van der Waals surface area contributed by atoms with Crippen molar-refractivity contribution in [2.75, 3.05) is 26.2 Å². The number of hydrogen-bond acceptors (Lipinski definition) is 3. The minimum absolute atomic E-state index is 0.0989. The van der Waals surface area contributed by atoms with E-state index in [0.717, 1.165) is 28.6 Å². The zero-order valence-electron chi connectivity index (χ0n) is 11.3. The van der Waals surface area contributed by atoms with Crippen molar-refractivity contribution in [1.82, 2.24) is 4.90 Å². The van der Waals surface area contributed by atoms with Crippen LogP contribution in [0.25, 0.3) is 0 Å². The molecule has 0 amide bonds. The summed E-state index contributed by atoms with van der Waals surface area (Å²) in [6.45, 7) is 7.47. The quantitative estimate of drug-likeness (QED) is 0.858. The third-order valence-electron chi connectivity index (χ3n) is 3.45. The van der Waals surface area contributed by atoms with Crippen LogP contribution in [-0.2, 0) is 4.74 Å². The smallest absolute Gasteiger partial charge is 0.0753 e. The van der Waals surface area contributed by atoms with Gasteiger partial charge in [-0.1, -0.05) is 6.07 Å². The molecule has 1 aromatic rings. The Hall–Kier alpha value is 0.0600. The van der Waals surface area contributed by atoms with Crippen molar-refractivity contribution in [3.05, 3.63) is 32.7 Å². The van der Waals surface area contributed by atoms with Crippen molar-refractivity contribution < 1.29 is 4.74 Å². The van der Waals surface area contributed by atoms with Crippen LogP contribution in [0.1, 0.15) is 25.5 Å². The maximum Gasteiger partial charge on any atom is 0.0753 e. The molecule has 0 saturated carbocycles. The van der Waals surface area contributed by atoms with Crippen LogP contribution in [-0.4, -0.2) is 36.7 Å². The zero-order valence-corrected chi connectivity index (χ0v) is 14.5. The molecular weight excluding hydrogens is 372 g/mol. The Morgan fingerprint density at radius 2 is 2.11 bits per heavy atom. The van der Waals surface area contributed by atoms with Gasteiger partial charge in [0.2, 0.25) is 0 Å². The van der Waals surface area contributed by atoms with E-state index in [9.17, 15) is 0 Å². The summed E-state index contributed by atoms with van der Waals surface area (Å²) in [5, 5.41) is 0. The van der Waals surface area contributed by atoms with Gasteiger partial charge in [0.15, 0.2) is 0 Å². The van der Waals surface area contributed by atoms with Gasteiger partial charge in [-0.2, -0.15) is 0 Å². The van der Waals surface area contributed by atoms with E-state index in [1.54, 1.807) is 0 Å². The highest BCUT2D eigenvalue weighted by molar-refractivity contribution is 9.13. The fraction of sp³-hybridized carbons (Fsp3) is 0.571. The molecule has 1 heterocycles. The molecule has 0 spiro atoms. The van der Waals surface area contributed by atoms with E-state index in [1.807, 2.05) is 0 Å². The number of morpholine rings is 1. The summed E-state index contributed by atoms with van der Waals surface area (Å²) < 4.78 is 7.90. The maximum atomic E-state index is 6.00. The van der Waals surface area contributed by atoms with Crippen molar-refractivity contribution in [3.8, 4) is 0 Å². The first-order valence-corrected chi connectivity index (χ1v) is 8.04. The zero-order chi connectivity index (χ0) is 14.0. The highest BCUT2D eigenvalue weighted by atomic mass is 79.9. The van der Waals surface area contributed by atoms with Gasteiger partial charge in [0.05, 0.1) is 12.2 Å². The molecule has 0 aliphatic carbocycles. The van der Waals surface area contributed by atoms with E-state index in [-0.39, 0.29) is 11.6 Å². The summed E-state index contributed by atoms with van der Waals surface area (Å²) in [5.74, 6) is 0. The lowest BCUT2D eigenvalue weighted by molar-refractivity contribution is -0.0967. The van der Waals surface area contributed by atoms with Crippen molar-refractivity contribution in [1.29, 1.82) is 0 Å². The molecule has 106 valence electrons. The van der Waals surface area contributed by atoms with Crippen molar-refractivity contribution in [3.63, 3.8) is 0 Å². The number of rotatable bonds is 3. The third kappa shape index (κ3) is 3.79. The van der Waals surface area contributed by atoms with E-state index < -0.39 is 0 Å². The van der Waals surface area contributed by atoms with E-state index in [2.05, 4.69) is 68.8 Å². The Morgan fingerprint density at radius 3 is 2.68 bits per heavy atom. The van der Waals surface area contributed by atoms with Crippen molar-refractivity contribution >= 4 is 31.9 Å². The summed E-state index contributed by atoms with van der Waals surface area (Å²) in [7, 11) is 0. The summed E-state index contributed by atoms with van der Waals surface area (Å²) in [4.78, 5) is 2.42. The average Bonchev–Trinajstić information content (AvgIpc) is 2.33. The monoisotopic (exact) mass is 390 g/mol. The summed E-state index contributed by atoms with van der Waals surface area (Å²) in [6, 6.07) is 6.58. The minimum Gasteiger partial charge on any atom is -0.373 e. The van der Waals surface area contributed by atoms with Gasteiger partial charge in [-0.05, 0) is 63.4 Å². The van der Waals surface area contributed by atoms with Crippen LogP contribution in [0.5, 0.6) is 0 Å². The molecule has 1 aliphatic heterocycles. The molecule has 0 radical (unpaired) electrons. The first-order valence-electron chi connectivity index (χ1n) is 6.46. The van der Waals surface area contributed by atoms with E-state index in [4.69, 9.17) is 10.5 Å². The summed E-state index contributed by atoms with van der Waals surface area (Å²) in [6.07, 6.45) is 0. The lowest BCUT2D eigenvalue weighted by Crippen LogP contribution is -2.50. The normalized spacial score (nSPS) is 21.3. The highest BCUT2D eigenvalue weighted by Crippen LogP contribution is 2.30. The summed E-state index contributed by atoms with van der Waals surface area (Å²) in [5.41, 5.74) is 7.15. The first-order chi connectivity index (χ1) is 8.93. The molecular formula is C14H20Br2N2O. The van der Waals surface area contributed by atoms with Crippen LogP contribution >= 0.6 is 31.9 Å². The standard InChI is InChI=1S/C14H20Br2N2O/c1-14(2)9-18(5-6-19-14)13(8-17)10-3-4-11(15)12(16)7-10/h3-4,7,13H,5-6,8-9,17H2,1-2H3. The molecule has 3 nitrogen and oxygen atoms in total. The minimum atomic E-state index is -0.0989. The number of nitrogens with zero attached hydrogens (tertiary/aromatic N) is 1. The maximum absolute atomic E-state index is 6.00. The Labute approximate surface area is 131 Å². The van der Waals surface area contributed by atoms with Gasteiger partial charge in [-0.15, -0.1) is 0 Å². The molecule has 0 bridgehead atoms. The molecule has 2 rings (SSSR count). The number of halogens is 2. The molecule has 1 aliphatic rings. The van der Waals surface area contributed by atoms with Crippen LogP contribution in [0.2, 0.25) is 0 Å². The molecule has 1 unspecified atom stereocenters. The van der Waals surface area contributed by atoms with Gasteiger partial charge in [-0.25, -0.2) is 0 Å². The van der Waals surface area contributed by atoms with E-state index in [1.165, 1.54) is 5.56 Å². The molecule has 0 aromatic heterocycles. The first kappa shape index (κ1) is 15.4. The average molecular weight is 392 g/mol. The predicted octanol–water partition coefficient (Wildman–Crippen LogP) is 3.32. The second-order valence-corrected chi connectivity index (χ2v) is 7.21. The molecule has 1 atom stereocenters. The lowest BCUT2D eigenvalue weighted by atomic mass is 10.0. The van der Waals surface area contributed by atoms with Gasteiger partial charge < -0.3 is 10.5 Å². The predicted molar refractivity (Wildman–Crippen MR) is 85.2 cm³/mol. The van der Waals surface area contributed by atoms with Crippen LogP contribution in [0.15, 0.2) is 27.1 Å². The fourth-order valence-electron chi connectivity index (χ4n) is 2.53. The van der Waals surface area contributed by atoms with Gasteiger partial charge in [0.25, 0.3) is 0 Å². The van der Waals surface area contributed by atoms with Crippen LogP contribution in [0, 0.1) is 0 Å². The van der Waals surface area contributed by atoms with E-state index in [0.29, 0.717) is 6.54 Å². The van der Waals surface area contributed by atoms with Gasteiger partial charge in [-0.3, -0.25) is 4.90 Å². The molecule has 1 fully saturated rings. The van der Waals surface area contributed by atoms with Gasteiger partial charge in [0.1, 0.15) is 0 Å². The van der Waals surface area contributed by atoms with E-state index >= 15 is 0 Å². The lowest BCUT2D eigenvalue weighted by Gasteiger charge is -2.42. The van der Waals surface area contributed by atoms with Crippen LogP contribution in [0.4, 0.5) is 0 Å². The second-order valence-electron chi connectivity index (χ2n) is 5.50. The fourth-order valence-corrected chi connectivity index (χ4v) is 3.18. The molecule has 1 aromatic carbocycles. The largest absolute Gasteiger partial charge is 0.373 e. The Balaban J connectivity index is 2.21. The number of ether oxygens (including phenoxy) is 1. The Bertz CT molecular complexity index is 451. The number of benzene rings is 1. The van der Waals surface area contributed by atoms with Gasteiger partial charge in [0, 0.05) is 34.6 Å². The summed E-state index contributed by atoms with van der Waals surface area (Å²) >= 11 is 7.06. The number of nitrogens with two attached hydrogens (primary N) is 1. The Morgan fingerprint density at radius 1 is 1.37 bits per heavy atom. The SMILES string of the molecule is CC1(C)CN(C(CN)c2ccc(Br)c(Br)c2)CCO1. The molecule has 2 N–H and O–H groups in total. The third-order valence-corrected chi connectivity index (χ3v) is 5.33. The second kappa shape index (κ2) is 6.22. The Kier molecular flexibility index (Phi) is 5.06. The van der Waals surface area contributed by atoms with Crippen molar-refractivity contribution in [2.24, 2.45) is 5.73 Å². The topological polar surface area (TPSA) is 38.5 Å². The van der Waals surface area contributed by atoms with Crippen molar-refractivity contribution in [2.45, 2.75) is 25.5 Å². The highest BCUT2D eigenvalue weighted by Gasteiger charge is 2.31. The van der Waals surface area contributed by atoms with Crippen LogP contribution < -0.4 is 5.73 Å². The van der Waals surface area contributed by atoms with Gasteiger partial charge >= 0.3 is 0 Å². The van der Waals surface area contributed by atoms with Crippen LogP contribution in [0.3, 0.4) is 0 Å². The number of hydrogen-bond donors (Lipinski definition) is 1. The molecule has 1 saturated heterocycles.